The molecule has 1 fully saturated rings. The van der Waals surface area contributed by atoms with Crippen molar-refractivity contribution in [3.63, 3.8) is 0 Å². The van der Waals surface area contributed by atoms with Gasteiger partial charge in [0.15, 0.2) is 0 Å². The van der Waals surface area contributed by atoms with E-state index in [1.807, 2.05) is 7.05 Å². The number of ether oxygens (including phenoxy) is 1. The van der Waals surface area contributed by atoms with E-state index < -0.39 is 0 Å². The molecule has 0 unspecified atom stereocenters. The maximum absolute atomic E-state index is 12.8. The second-order valence-electron chi connectivity index (χ2n) is 4.44. The van der Waals surface area contributed by atoms with Crippen molar-refractivity contribution >= 4 is 0 Å². The van der Waals surface area contributed by atoms with Crippen molar-refractivity contribution < 1.29 is 9.13 Å². The third-order valence-electron chi connectivity index (χ3n) is 3.25. The topological polar surface area (TPSA) is 21.3 Å². The molecule has 0 aliphatic heterocycles. The predicted molar refractivity (Wildman–Crippen MR) is 62.2 cm³/mol. The lowest BCUT2D eigenvalue weighted by Gasteiger charge is -2.13. The molecule has 1 saturated carbocycles. The summed E-state index contributed by atoms with van der Waals surface area (Å²) < 4.78 is 18.3. The summed E-state index contributed by atoms with van der Waals surface area (Å²) >= 11 is 0. The smallest absolute Gasteiger partial charge is 0.126 e. The van der Waals surface area contributed by atoms with E-state index in [1.54, 1.807) is 12.1 Å². The summed E-state index contributed by atoms with van der Waals surface area (Å²) in [4.78, 5) is 0. The van der Waals surface area contributed by atoms with E-state index in [4.69, 9.17) is 4.74 Å². The largest absolute Gasteiger partial charge is 0.493 e. The van der Waals surface area contributed by atoms with E-state index >= 15 is 0 Å². The highest BCUT2D eigenvalue weighted by atomic mass is 19.1. The van der Waals surface area contributed by atoms with Crippen molar-refractivity contribution in [2.75, 3.05) is 13.7 Å². The first-order valence-electron chi connectivity index (χ1n) is 5.81. The molecule has 88 valence electrons. The number of nitrogens with one attached hydrogen (secondary N) is 1. The lowest BCUT2D eigenvalue weighted by molar-refractivity contribution is 0.293. The van der Waals surface area contributed by atoms with Crippen LogP contribution in [0.1, 0.15) is 25.7 Å². The van der Waals surface area contributed by atoms with Gasteiger partial charge in [0.25, 0.3) is 0 Å². The molecule has 0 atom stereocenters. The van der Waals surface area contributed by atoms with Crippen LogP contribution in [0.15, 0.2) is 24.3 Å². The van der Waals surface area contributed by atoms with E-state index in [1.165, 1.54) is 25.0 Å². The number of benzene rings is 1. The predicted octanol–water partition coefficient (Wildman–Crippen LogP) is 2.74. The van der Waals surface area contributed by atoms with Crippen LogP contribution in [0.3, 0.4) is 0 Å². The van der Waals surface area contributed by atoms with Gasteiger partial charge in [-0.25, -0.2) is 4.39 Å². The van der Waals surface area contributed by atoms with Crippen molar-refractivity contribution in [2.45, 2.75) is 31.2 Å². The first kappa shape index (κ1) is 11.4. The molecule has 0 amide bonds. The summed E-state index contributed by atoms with van der Waals surface area (Å²) in [7, 11) is 2.01. The third kappa shape index (κ3) is 2.95. The Balaban J connectivity index is 1.68. The fourth-order valence-corrected chi connectivity index (χ4v) is 1.93. The second-order valence-corrected chi connectivity index (χ2v) is 4.44. The molecular formula is C13H18FNO. The maximum atomic E-state index is 12.8. The zero-order chi connectivity index (χ0) is 11.4. The lowest BCUT2D eigenvalue weighted by atomic mass is 10.1. The molecule has 0 radical (unpaired) electrons. The lowest BCUT2D eigenvalue weighted by Crippen LogP contribution is -2.27. The van der Waals surface area contributed by atoms with Crippen molar-refractivity contribution in [3.05, 3.63) is 30.1 Å². The van der Waals surface area contributed by atoms with Gasteiger partial charge in [-0.05, 0) is 44.9 Å². The molecule has 16 heavy (non-hydrogen) atoms. The number of rotatable bonds is 6. The molecule has 0 bridgehead atoms. The molecule has 0 aromatic heterocycles. The highest BCUT2D eigenvalue weighted by molar-refractivity contribution is 5.22. The van der Waals surface area contributed by atoms with Crippen molar-refractivity contribution in [3.8, 4) is 5.75 Å². The van der Waals surface area contributed by atoms with E-state index in [-0.39, 0.29) is 5.82 Å². The van der Waals surface area contributed by atoms with E-state index in [0.717, 1.165) is 12.8 Å². The van der Waals surface area contributed by atoms with E-state index in [9.17, 15) is 4.39 Å². The molecule has 2 nitrogen and oxygen atoms in total. The van der Waals surface area contributed by atoms with Crippen LogP contribution in [-0.4, -0.2) is 19.2 Å². The summed E-state index contributed by atoms with van der Waals surface area (Å²) in [5.41, 5.74) is 0.380. The first-order chi connectivity index (χ1) is 7.74. The minimum atomic E-state index is -0.244. The van der Waals surface area contributed by atoms with Gasteiger partial charge in [-0.15, -0.1) is 0 Å². The Kier molecular flexibility index (Phi) is 3.44. The van der Waals surface area contributed by atoms with Gasteiger partial charge in [0, 0.05) is 11.6 Å². The molecule has 0 heterocycles. The van der Waals surface area contributed by atoms with Gasteiger partial charge < -0.3 is 10.1 Å². The highest BCUT2D eigenvalue weighted by Crippen LogP contribution is 2.39. The Hall–Kier alpha value is -1.09. The molecule has 2 rings (SSSR count). The van der Waals surface area contributed by atoms with Crippen LogP contribution in [0.2, 0.25) is 0 Å². The van der Waals surface area contributed by atoms with Gasteiger partial charge in [-0.3, -0.25) is 0 Å². The third-order valence-corrected chi connectivity index (χ3v) is 3.25. The van der Waals surface area contributed by atoms with Gasteiger partial charge in [0.05, 0.1) is 6.61 Å². The van der Waals surface area contributed by atoms with E-state index in [0.29, 0.717) is 17.9 Å². The monoisotopic (exact) mass is 223 g/mol. The SMILES string of the molecule is CNC1(CCCOc2cccc(F)c2)CC1. The molecule has 1 aliphatic rings. The van der Waals surface area contributed by atoms with Gasteiger partial charge in [-0.2, -0.15) is 0 Å². The quantitative estimate of drug-likeness (QED) is 0.749. The van der Waals surface area contributed by atoms with Crippen LogP contribution in [0.5, 0.6) is 5.75 Å². The van der Waals surface area contributed by atoms with Crippen molar-refractivity contribution in [1.82, 2.24) is 5.32 Å². The summed E-state index contributed by atoms with van der Waals surface area (Å²) in [6.45, 7) is 0.660. The number of hydrogen-bond donors (Lipinski definition) is 1. The van der Waals surface area contributed by atoms with Crippen molar-refractivity contribution in [2.24, 2.45) is 0 Å². The molecule has 1 N–H and O–H groups in total. The zero-order valence-corrected chi connectivity index (χ0v) is 9.63. The highest BCUT2D eigenvalue weighted by Gasteiger charge is 2.39. The molecule has 1 aromatic rings. The molecule has 0 saturated heterocycles. The summed E-state index contributed by atoms with van der Waals surface area (Å²) in [6.07, 6.45) is 4.68. The molecule has 3 heteroatoms. The second kappa shape index (κ2) is 4.83. The Morgan fingerprint density at radius 2 is 2.25 bits per heavy atom. The van der Waals surface area contributed by atoms with Crippen LogP contribution in [0.25, 0.3) is 0 Å². The minimum absolute atomic E-state index is 0.244. The number of halogens is 1. The van der Waals surface area contributed by atoms with E-state index in [2.05, 4.69) is 5.32 Å². The minimum Gasteiger partial charge on any atom is -0.493 e. The average molecular weight is 223 g/mol. The zero-order valence-electron chi connectivity index (χ0n) is 9.63. The number of hydrogen-bond acceptors (Lipinski definition) is 2. The van der Waals surface area contributed by atoms with Crippen molar-refractivity contribution in [1.29, 1.82) is 0 Å². The van der Waals surface area contributed by atoms with Gasteiger partial charge in [-0.1, -0.05) is 6.07 Å². The molecular weight excluding hydrogens is 205 g/mol. The van der Waals surface area contributed by atoms with Gasteiger partial charge >= 0.3 is 0 Å². The van der Waals surface area contributed by atoms with Crippen LogP contribution in [-0.2, 0) is 0 Å². The molecule has 1 aromatic carbocycles. The van der Waals surface area contributed by atoms with Crippen LogP contribution in [0, 0.1) is 5.82 Å². The van der Waals surface area contributed by atoms with Crippen LogP contribution < -0.4 is 10.1 Å². The normalized spacial score (nSPS) is 17.1. The van der Waals surface area contributed by atoms with Crippen LogP contribution >= 0.6 is 0 Å². The van der Waals surface area contributed by atoms with Gasteiger partial charge in [0.1, 0.15) is 11.6 Å². The Morgan fingerprint density at radius 3 is 2.88 bits per heavy atom. The fraction of sp³-hybridized carbons (Fsp3) is 0.538. The molecule has 0 spiro atoms. The average Bonchev–Trinajstić information content (AvgIpc) is 3.05. The fourth-order valence-electron chi connectivity index (χ4n) is 1.93. The summed E-state index contributed by atoms with van der Waals surface area (Å²) in [5.74, 6) is 0.376. The standard InChI is InChI=1S/C13H18FNO/c1-15-13(7-8-13)6-3-9-16-12-5-2-4-11(14)10-12/h2,4-5,10,15H,3,6-9H2,1H3. The Morgan fingerprint density at radius 1 is 1.44 bits per heavy atom. The summed E-state index contributed by atoms with van der Waals surface area (Å²) in [5, 5.41) is 3.34. The maximum Gasteiger partial charge on any atom is 0.126 e. The van der Waals surface area contributed by atoms with Gasteiger partial charge in [0.2, 0.25) is 0 Å². The molecule has 1 aliphatic carbocycles. The van der Waals surface area contributed by atoms with Crippen LogP contribution in [0.4, 0.5) is 4.39 Å². The summed E-state index contributed by atoms with van der Waals surface area (Å²) in [6, 6.07) is 6.30. The Bertz CT molecular complexity index is 350. The first-order valence-corrected chi connectivity index (χ1v) is 5.81. The Labute approximate surface area is 95.8 Å².